The fourth-order valence-electron chi connectivity index (χ4n) is 1.61. The third-order valence-corrected chi connectivity index (χ3v) is 2.50. The fraction of sp³-hybridized carbons (Fsp3) is 0.462. The number of carboxylic acid groups (broad SMARTS) is 1. The molecule has 1 aromatic heterocycles. The van der Waals surface area contributed by atoms with Crippen LogP contribution in [0.3, 0.4) is 0 Å². The SMILES string of the molecule is CC(CC(=O)O)NC(=O)CCCNC(=O)c1ccco1. The minimum Gasteiger partial charge on any atom is -0.481 e. The fourth-order valence-corrected chi connectivity index (χ4v) is 1.61. The van der Waals surface area contributed by atoms with Gasteiger partial charge in [0.15, 0.2) is 5.76 Å². The Kier molecular flexibility index (Phi) is 6.28. The largest absolute Gasteiger partial charge is 0.481 e. The molecule has 0 fully saturated rings. The molecule has 1 heterocycles. The van der Waals surface area contributed by atoms with Crippen LogP contribution in [-0.4, -0.2) is 35.5 Å². The Bertz CT molecular complexity index is 455. The number of carbonyl (C=O) groups is 3. The van der Waals surface area contributed by atoms with Crippen LogP contribution in [0.5, 0.6) is 0 Å². The summed E-state index contributed by atoms with van der Waals surface area (Å²) in [5, 5.41) is 13.7. The van der Waals surface area contributed by atoms with Gasteiger partial charge in [0.25, 0.3) is 5.91 Å². The van der Waals surface area contributed by atoms with E-state index in [1.54, 1.807) is 19.1 Å². The quantitative estimate of drug-likeness (QED) is 0.610. The standard InChI is InChI=1S/C13H18N2O5/c1-9(8-12(17)18)15-11(16)5-2-6-14-13(19)10-4-3-7-20-10/h3-4,7,9H,2,5-6,8H2,1H3,(H,14,19)(H,15,16)(H,17,18). The average molecular weight is 282 g/mol. The number of carbonyl (C=O) groups excluding carboxylic acids is 2. The second kappa shape index (κ2) is 7.98. The number of amides is 2. The zero-order valence-electron chi connectivity index (χ0n) is 11.2. The maximum atomic E-state index is 11.5. The molecular formula is C13H18N2O5. The first-order valence-corrected chi connectivity index (χ1v) is 6.32. The summed E-state index contributed by atoms with van der Waals surface area (Å²) >= 11 is 0. The third kappa shape index (κ3) is 6.03. The molecule has 3 N–H and O–H groups in total. The summed E-state index contributed by atoms with van der Waals surface area (Å²) in [6, 6.07) is 2.76. The minimum absolute atomic E-state index is 0.110. The number of rotatable bonds is 8. The highest BCUT2D eigenvalue weighted by Gasteiger charge is 2.11. The van der Waals surface area contributed by atoms with Gasteiger partial charge in [-0.25, -0.2) is 0 Å². The van der Waals surface area contributed by atoms with Crippen LogP contribution in [0.15, 0.2) is 22.8 Å². The zero-order valence-corrected chi connectivity index (χ0v) is 11.2. The molecule has 1 atom stereocenters. The molecule has 0 aromatic carbocycles. The number of furan rings is 1. The van der Waals surface area contributed by atoms with E-state index in [0.29, 0.717) is 13.0 Å². The van der Waals surface area contributed by atoms with E-state index in [4.69, 9.17) is 9.52 Å². The molecule has 2 amide bonds. The minimum atomic E-state index is -0.955. The third-order valence-electron chi connectivity index (χ3n) is 2.50. The van der Waals surface area contributed by atoms with Gasteiger partial charge in [-0.3, -0.25) is 14.4 Å². The summed E-state index contributed by atoms with van der Waals surface area (Å²) in [4.78, 5) is 33.4. The highest BCUT2D eigenvalue weighted by Crippen LogP contribution is 1.99. The van der Waals surface area contributed by atoms with Crippen molar-refractivity contribution in [3.63, 3.8) is 0 Å². The van der Waals surface area contributed by atoms with Gasteiger partial charge < -0.3 is 20.2 Å². The summed E-state index contributed by atoms with van der Waals surface area (Å²) in [7, 11) is 0. The summed E-state index contributed by atoms with van der Waals surface area (Å²) < 4.78 is 4.92. The molecule has 110 valence electrons. The molecule has 0 bridgehead atoms. The first kappa shape index (κ1) is 15.7. The maximum Gasteiger partial charge on any atom is 0.305 e. The Morgan fingerprint density at radius 1 is 1.40 bits per heavy atom. The van der Waals surface area contributed by atoms with Crippen LogP contribution >= 0.6 is 0 Å². The van der Waals surface area contributed by atoms with E-state index < -0.39 is 12.0 Å². The lowest BCUT2D eigenvalue weighted by molar-refractivity contribution is -0.137. The van der Waals surface area contributed by atoms with Crippen molar-refractivity contribution < 1.29 is 23.9 Å². The Balaban J connectivity index is 2.13. The van der Waals surface area contributed by atoms with Gasteiger partial charge in [0.2, 0.25) is 5.91 Å². The lowest BCUT2D eigenvalue weighted by Crippen LogP contribution is -2.34. The molecule has 20 heavy (non-hydrogen) atoms. The lowest BCUT2D eigenvalue weighted by Gasteiger charge is -2.11. The summed E-state index contributed by atoms with van der Waals surface area (Å²) in [6.45, 7) is 1.98. The summed E-state index contributed by atoms with van der Waals surface area (Å²) in [5.74, 6) is -1.28. The van der Waals surface area contributed by atoms with Crippen molar-refractivity contribution in [2.24, 2.45) is 0 Å². The van der Waals surface area contributed by atoms with E-state index in [1.807, 2.05) is 0 Å². The molecule has 1 unspecified atom stereocenters. The molecule has 1 aromatic rings. The topological polar surface area (TPSA) is 109 Å². The van der Waals surface area contributed by atoms with Crippen LogP contribution < -0.4 is 10.6 Å². The van der Waals surface area contributed by atoms with Crippen molar-refractivity contribution >= 4 is 17.8 Å². The van der Waals surface area contributed by atoms with E-state index in [0.717, 1.165) is 0 Å². The highest BCUT2D eigenvalue weighted by atomic mass is 16.4. The molecule has 0 aliphatic heterocycles. The second-order valence-electron chi connectivity index (χ2n) is 4.40. The zero-order chi connectivity index (χ0) is 15.0. The Morgan fingerprint density at radius 2 is 2.15 bits per heavy atom. The molecule has 0 spiro atoms. The highest BCUT2D eigenvalue weighted by molar-refractivity contribution is 5.91. The average Bonchev–Trinajstić information content (AvgIpc) is 2.86. The molecule has 7 nitrogen and oxygen atoms in total. The smallest absolute Gasteiger partial charge is 0.305 e. The molecule has 0 saturated heterocycles. The van der Waals surface area contributed by atoms with Crippen molar-refractivity contribution in [1.29, 1.82) is 0 Å². The van der Waals surface area contributed by atoms with Crippen LogP contribution in [0.2, 0.25) is 0 Å². The first-order chi connectivity index (χ1) is 9.49. The van der Waals surface area contributed by atoms with E-state index >= 15 is 0 Å². The maximum absolute atomic E-state index is 11.5. The van der Waals surface area contributed by atoms with Gasteiger partial charge >= 0.3 is 5.97 Å². The van der Waals surface area contributed by atoms with E-state index in [9.17, 15) is 14.4 Å². The van der Waals surface area contributed by atoms with Crippen LogP contribution in [-0.2, 0) is 9.59 Å². The van der Waals surface area contributed by atoms with E-state index in [1.165, 1.54) is 6.26 Å². The van der Waals surface area contributed by atoms with Crippen LogP contribution in [0.25, 0.3) is 0 Å². The Labute approximate surface area is 116 Å². The molecule has 0 radical (unpaired) electrons. The predicted octanol–water partition coefficient (Wildman–Crippen LogP) is 0.769. The van der Waals surface area contributed by atoms with Crippen molar-refractivity contribution in [3.05, 3.63) is 24.2 Å². The molecule has 0 saturated carbocycles. The van der Waals surface area contributed by atoms with Gasteiger partial charge in [-0.05, 0) is 25.5 Å². The first-order valence-electron chi connectivity index (χ1n) is 6.32. The second-order valence-corrected chi connectivity index (χ2v) is 4.40. The number of hydrogen-bond acceptors (Lipinski definition) is 4. The number of aliphatic carboxylic acids is 1. The lowest BCUT2D eigenvalue weighted by atomic mass is 10.2. The van der Waals surface area contributed by atoms with Gasteiger partial charge in [-0.1, -0.05) is 0 Å². The van der Waals surface area contributed by atoms with Crippen LogP contribution in [0.1, 0.15) is 36.7 Å². The molecule has 0 aliphatic carbocycles. The molecule has 0 aliphatic rings. The predicted molar refractivity (Wildman–Crippen MR) is 70.1 cm³/mol. The van der Waals surface area contributed by atoms with Crippen LogP contribution in [0.4, 0.5) is 0 Å². The number of nitrogens with one attached hydrogen (secondary N) is 2. The van der Waals surface area contributed by atoms with E-state index in [-0.39, 0.29) is 30.4 Å². The summed E-state index contributed by atoms with van der Waals surface area (Å²) in [6.07, 6.45) is 1.99. The van der Waals surface area contributed by atoms with Crippen molar-refractivity contribution in [2.75, 3.05) is 6.54 Å². The van der Waals surface area contributed by atoms with Gasteiger partial charge in [-0.2, -0.15) is 0 Å². The van der Waals surface area contributed by atoms with Crippen molar-refractivity contribution in [3.8, 4) is 0 Å². The Hall–Kier alpha value is -2.31. The summed E-state index contributed by atoms with van der Waals surface area (Å²) in [5.41, 5.74) is 0. The monoisotopic (exact) mass is 282 g/mol. The van der Waals surface area contributed by atoms with Crippen molar-refractivity contribution in [1.82, 2.24) is 10.6 Å². The molecule has 1 rings (SSSR count). The Morgan fingerprint density at radius 3 is 2.75 bits per heavy atom. The van der Waals surface area contributed by atoms with Gasteiger partial charge in [-0.15, -0.1) is 0 Å². The van der Waals surface area contributed by atoms with E-state index in [2.05, 4.69) is 10.6 Å². The van der Waals surface area contributed by atoms with Gasteiger partial charge in [0.1, 0.15) is 0 Å². The number of hydrogen-bond donors (Lipinski definition) is 3. The van der Waals surface area contributed by atoms with Crippen LogP contribution in [0, 0.1) is 0 Å². The van der Waals surface area contributed by atoms with Gasteiger partial charge in [0, 0.05) is 19.0 Å². The number of carboxylic acids is 1. The van der Waals surface area contributed by atoms with Gasteiger partial charge in [0.05, 0.1) is 12.7 Å². The normalized spacial score (nSPS) is 11.7. The van der Waals surface area contributed by atoms with Crippen molar-refractivity contribution in [2.45, 2.75) is 32.2 Å². The molecule has 7 heteroatoms. The molecular weight excluding hydrogens is 264 g/mol.